The summed E-state index contributed by atoms with van der Waals surface area (Å²) < 4.78 is 3.66. The molecule has 0 fully saturated rings. The quantitative estimate of drug-likeness (QED) is 0.421. The number of thioether (sulfide) groups is 1. The zero-order chi connectivity index (χ0) is 19.6. The van der Waals surface area contributed by atoms with E-state index in [9.17, 15) is 4.79 Å². The van der Waals surface area contributed by atoms with Gasteiger partial charge in [-0.2, -0.15) is 0 Å². The van der Waals surface area contributed by atoms with E-state index in [4.69, 9.17) is 0 Å². The van der Waals surface area contributed by atoms with Gasteiger partial charge in [0.15, 0.2) is 5.16 Å². The van der Waals surface area contributed by atoms with Crippen molar-refractivity contribution < 1.29 is 0 Å². The van der Waals surface area contributed by atoms with Crippen molar-refractivity contribution in [3.05, 3.63) is 101 Å². The predicted molar refractivity (Wildman–Crippen MR) is 114 cm³/mol. The van der Waals surface area contributed by atoms with Gasteiger partial charge in [0, 0.05) is 11.9 Å². The molecule has 3 heterocycles. The number of aromatic nitrogens is 5. The Hall–Kier alpha value is -3.45. The molecule has 0 aliphatic carbocycles. The molecule has 5 rings (SSSR count). The van der Waals surface area contributed by atoms with Crippen LogP contribution in [0.15, 0.2) is 88.9 Å². The minimum atomic E-state index is -0.0642. The van der Waals surface area contributed by atoms with Gasteiger partial charge in [-0.15, -0.1) is 10.2 Å². The van der Waals surface area contributed by atoms with Crippen LogP contribution in [-0.2, 0) is 12.3 Å². The first-order chi connectivity index (χ1) is 14.3. The lowest BCUT2D eigenvalue weighted by molar-refractivity contribution is 0.764. The third kappa shape index (κ3) is 3.30. The first-order valence-electron chi connectivity index (χ1n) is 9.24. The van der Waals surface area contributed by atoms with E-state index in [0.717, 1.165) is 21.9 Å². The van der Waals surface area contributed by atoms with Gasteiger partial charge in [0.25, 0.3) is 5.56 Å². The lowest BCUT2D eigenvalue weighted by atomic mass is 10.2. The summed E-state index contributed by atoms with van der Waals surface area (Å²) in [5, 5.41) is 10.2. The molecule has 2 aromatic carbocycles. The molecule has 0 unspecified atom stereocenters. The molecule has 0 saturated carbocycles. The second-order valence-corrected chi connectivity index (χ2v) is 7.56. The first-order valence-corrected chi connectivity index (χ1v) is 10.2. The maximum absolute atomic E-state index is 13.2. The molecular weight excluding hydrogens is 382 g/mol. The maximum atomic E-state index is 13.2. The van der Waals surface area contributed by atoms with E-state index in [2.05, 4.69) is 15.2 Å². The van der Waals surface area contributed by atoms with Crippen LogP contribution in [0.3, 0.4) is 0 Å². The Balaban J connectivity index is 1.66. The second-order valence-electron chi connectivity index (χ2n) is 6.62. The fourth-order valence-corrected chi connectivity index (χ4v) is 4.21. The zero-order valence-corrected chi connectivity index (χ0v) is 16.3. The standard InChI is InChI=1S/C22H17N5OS/c28-20-18-11-4-5-12-19(18)27-21(26(20)14-16-8-2-1-3-9-16)24-25-22(27)29-15-17-10-6-7-13-23-17/h1-13H,14-15H2. The lowest BCUT2D eigenvalue weighted by Gasteiger charge is -2.11. The van der Waals surface area contributed by atoms with Crippen LogP contribution < -0.4 is 5.56 Å². The van der Waals surface area contributed by atoms with Crippen LogP contribution in [-0.4, -0.2) is 24.1 Å². The molecule has 0 atom stereocenters. The summed E-state index contributed by atoms with van der Waals surface area (Å²) in [4.78, 5) is 17.6. The van der Waals surface area contributed by atoms with E-state index in [1.165, 1.54) is 0 Å². The summed E-state index contributed by atoms with van der Waals surface area (Å²) in [5.74, 6) is 1.22. The third-order valence-electron chi connectivity index (χ3n) is 4.74. The van der Waals surface area contributed by atoms with Crippen molar-refractivity contribution in [2.75, 3.05) is 0 Å². The van der Waals surface area contributed by atoms with E-state index in [1.807, 2.05) is 77.2 Å². The van der Waals surface area contributed by atoms with Crippen LogP contribution in [0.4, 0.5) is 0 Å². The van der Waals surface area contributed by atoms with Gasteiger partial charge in [-0.05, 0) is 29.8 Å². The van der Waals surface area contributed by atoms with Gasteiger partial charge in [0.05, 0.1) is 23.1 Å². The molecule has 0 radical (unpaired) electrons. The molecule has 5 aromatic rings. The Bertz CT molecular complexity index is 1350. The van der Waals surface area contributed by atoms with Crippen LogP contribution in [0.2, 0.25) is 0 Å². The van der Waals surface area contributed by atoms with E-state index in [1.54, 1.807) is 22.5 Å². The molecule has 7 heteroatoms. The second kappa shape index (κ2) is 7.52. The number of nitrogens with zero attached hydrogens (tertiary/aromatic N) is 5. The molecule has 0 amide bonds. The summed E-state index contributed by atoms with van der Waals surface area (Å²) in [7, 11) is 0. The topological polar surface area (TPSA) is 65.1 Å². The van der Waals surface area contributed by atoms with Gasteiger partial charge in [-0.25, -0.2) is 0 Å². The summed E-state index contributed by atoms with van der Waals surface area (Å²) >= 11 is 1.56. The molecular formula is C22H17N5OS. The Morgan fingerprint density at radius 3 is 2.48 bits per heavy atom. The van der Waals surface area contributed by atoms with Crippen molar-refractivity contribution in [3.8, 4) is 0 Å². The minimum absolute atomic E-state index is 0.0642. The smallest absolute Gasteiger partial charge is 0.263 e. The Labute approximate surface area is 170 Å². The minimum Gasteiger partial charge on any atom is -0.272 e. The maximum Gasteiger partial charge on any atom is 0.263 e. The zero-order valence-electron chi connectivity index (χ0n) is 15.5. The summed E-state index contributed by atoms with van der Waals surface area (Å²) in [6.07, 6.45) is 1.78. The summed E-state index contributed by atoms with van der Waals surface area (Å²) in [5.41, 5.74) is 2.75. The molecule has 29 heavy (non-hydrogen) atoms. The molecule has 6 nitrogen and oxygen atoms in total. The number of fused-ring (bicyclic) bond motifs is 3. The SMILES string of the molecule is O=c1c2ccccc2n2c(SCc3ccccn3)nnc2n1Cc1ccccc1. The van der Waals surface area contributed by atoms with Crippen molar-refractivity contribution in [1.82, 2.24) is 24.1 Å². The van der Waals surface area contributed by atoms with Gasteiger partial charge in [0.2, 0.25) is 5.78 Å². The molecule has 0 bridgehead atoms. The summed E-state index contributed by atoms with van der Waals surface area (Å²) in [6.45, 7) is 0.442. The lowest BCUT2D eigenvalue weighted by Crippen LogP contribution is -2.24. The van der Waals surface area contributed by atoms with Crippen LogP contribution in [0.25, 0.3) is 16.7 Å². The van der Waals surface area contributed by atoms with Crippen molar-refractivity contribution in [2.45, 2.75) is 17.5 Å². The largest absolute Gasteiger partial charge is 0.272 e. The van der Waals surface area contributed by atoms with Crippen molar-refractivity contribution in [2.24, 2.45) is 0 Å². The highest BCUT2D eigenvalue weighted by molar-refractivity contribution is 7.98. The Morgan fingerprint density at radius 1 is 0.862 bits per heavy atom. The van der Waals surface area contributed by atoms with Crippen LogP contribution in [0.1, 0.15) is 11.3 Å². The van der Waals surface area contributed by atoms with Gasteiger partial charge in [0.1, 0.15) is 0 Å². The molecule has 3 aromatic heterocycles. The van der Waals surface area contributed by atoms with E-state index < -0.39 is 0 Å². The van der Waals surface area contributed by atoms with Gasteiger partial charge >= 0.3 is 0 Å². The van der Waals surface area contributed by atoms with Crippen molar-refractivity contribution >= 4 is 28.4 Å². The molecule has 0 N–H and O–H groups in total. The molecule has 0 aliphatic heterocycles. The molecule has 0 aliphatic rings. The number of para-hydroxylation sites is 1. The number of hydrogen-bond donors (Lipinski definition) is 0. The highest BCUT2D eigenvalue weighted by Crippen LogP contribution is 2.24. The van der Waals surface area contributed by atoms with Crippen molar-refractivity contribution in [1.29, 1.82) is 0 Å². The van der Waals surface area contributed by atoms with Crippen LogP contribution in [0.5, 0.6) is 0 Å². The van der Waals surface area contributed by atoms with E-state index in [0.29, 0.717) is 23.5 Å². The van der Waals surface area contributed by atoms with Crippen LogP contribution in [0, 0.1) is 0 Å². The Kier molecular flexibility index (Phi) is 4.57. The van der Waals surface area contributed by atoms with Gasteiger partial charge in [-0.3, -0.25) is 18.7 Å². The Morgan fingerprint density at radius 2 is 1.66 bits per heavy atom. The highest BCUT2D eigenvalue weighted by atomic mass is 32.2. The third-order valence-corrected chi connectivity index (χ3v) is 5.70. The average molecular weight is 399 g/mol. The molecule has 0 spiro atoms. The number of pyridine rings is 1. The molecule has 142 valence electrons. The highest BCUT2D eigenvalue weighted by Gasteiger charge is 2.17. The summed E-state index contributed by atoms with van der Waals surface area (Å²) in [6, 6.07) is 23.4. The van der Waals surface area contributed by atoms with Gasteiger partial charge in [-0.1, -0.05) is 60.3 Å². The van der Waals surface area contributed by atoms with Crippen LogP contribution >= 0.6 is 11.8 Å². The predicted octanol–water partition coefficient (Wildman–Crippen LogP) is 3.78. The fraction of sp³-hybridized carbons (Fsp3) is 0.0909. The van der Waals surface area contributed by atoms with Gasteiger partial charge < -0.3 is 0 Å². The fourth-order valence-electron chi connectivity index (χ4n) is 3.36. The number of benzene rings is 2. The van der Waals surface area contributed by atoms with E-state index >= 15 is 0 Å². The number of rotatable bonds is 5. The van der Waals surface area contributed by atoms with Crippen molar-refractivity contribution in [3.63, 3.8) is 0 Å². The van der Waals surface area contributed by atoms with E-state index in [-0.39, 0.29) is 5.56 Å². The normalized spacial score (nSPS) is 11.3. The monoisotopic (exact) mass is 399 g/mol. The number of hydrogen-bond acceptors (Lipinski definition) is 5. The molecule has 0 saturated heterocycles. The first kappa shape index (κ1) is 17.6. The average Bonchev–Trinajstić information content (AvgIpc) is 3.21.